The van der Waals surface area contributed by atoms with E-state index in [0.717, 1.165) is 10.6 Å². The van der Waals surface area contributed by atoms with E-state index in [1.54, 1.807) is 5.38 Å². The van der Waals surface area contributed by atoms with Crippen molar-refractivity contribution in [3.8, 4) is 10.6 Å². The first-order chi connectivity index (χ1) is 9.72. The summed E-state index contributed by atoms with van der Waals surface area (Å²) in [5, 5.41) is 17.9. The van der Waals surface area contributed by atoms with E-state index < -0.39 is 0 Å². The van der Waals surface area contributed by atoms with Crippen LogP contribution in [0.25, 0.3) is 10.6 Å². The molecule has 8 heteroatoms. The van der Waals surface area contributed by atoms with Crippen LogP contribution in [0, 0.1) is 6.92 Å². The van der Waals surface area contributed by atoms with Gasteiger partial charge in [-0.15, -0.1) is 16.4 Å². The third-order valence-electron chi connectivity index (χ3n) is 2.61. The Hall–Kier alpha value is -2.61. The lowest BCUT2D eigenvalue weighted by molar-refractivity contribution is 0.102. The number of hydrogen-bond donors (Lipinski definition) is 2. The molecule has 0 spiro atoms. The zero-order valence-electron chi connectivity index (χ0n) is 10.5. The molecule has 0 saturated carbocycles. The van der Waals surface area contributed by atoms with Crippen LogP contribution in [0.3, 0.4) is 0 Å². The highest BCUT2D eigenvalue weighted by Crippen LogP contribution is 2.24. The number of hydrogen-bond acceptors (Lipinski definition) is 6. The van der Waals surface area contributed by atoms with Gasteiger partial charge in [0.15, 0.2) is 0 Å². The Morgan fingerprint density at radius 1 is 1.30 bits per heavy atom. The predicted molar refractivity (Wildman–Crippen MR) is 74.4 cm³/mol. The smallest absolute Gasteiger partial charge is 0.277 e. The molecule has 0 unspecified atom stereocenters. The largest absolute Gasteiger partial charge is 0.286 e. The van der Waals surface area contributed by atoms with Gasteiger partial charge in [0.2, 0.25) is 0 Å². The van der Waals surface area contributed by atoms with Gasteiger partial charge in [-0.25, -0.2) is 4.98 Å². The molecule has 0 aliphatic heterocycles. The van der Waals surface area contributed by atoms with Crippen LogP contribution in [0.2, 0.25) is 0 Å². The highest BCUT2D eigenvalue weighted by Gasteiger charge is 2.13. The topological polar surface area (TPSA) is 96.5 Å². The number of benzene rings is 1. The molecule has 0 fully saturated rings. The van der Waals surface area contributed by atoms with Crippen LogP contribution in [0.15, 0.2) is 29.6 Å². The number of nitrogens with one attached hydrogen (secondary N) is 2. The monoisotopic (exact) mass is 286 g/mol. The Balaban J connectivity index is 1.79. The van der Waals surface area contributed by atoms with Gasteiger partial charge in [0.25, 0.3) is 11.9 Å². The summed E-state index contributed by atoms with van der Waals surface area (Å²) in [4.78, 5) is 16.2. The lowest BCUT2D eigenvalue weighted by Gasteiger charge is -1.97. The van der Waals surface area contributed by atoms with E-state index in [1.807, 2.05) is 31.2 Å². The third kappa shape index (κ3) is 2.54. The molecule has 100 valence electrons. The predicted octanol–water partition coefficient (Wildman–Crippen LogP) is 1.88. The van der Waals surface area contributed by atoms with Gasteiger partial charge in [-0.1, -0.05) is 34.9 Å². The van der Waals surface area contributed by atoms with E-state index in [9.17, 15) is 4.79 Å². The Labute approximate surface area is 118 Å². The number of carbonyl (C=O) groups excluding carboxylic acids is 1. The first kappa shape index (κ1) is 12.4. The van der Waals surface area contributed by atoms with E-state index >= 15 is 0 Å². The zero-order chi connectivity index (χ0) is 13.9. The lowest BCUT2D eigenvalue weighted by atomic mass is 10.2. The van der Waals surface area contributed by atoms with Crippen molar-refractivity contribution in [2.75, 3.05) is 5.32 Å². The average Bonchev–Trinajstić information content (AvgIpc) is 3.10. The molecule has 7 nitrogen and oxygen atoms in total. The maximum atomic E-state index is 11.9. The van der Waals surface area contributed by atoms with Gasteiger partial charge in [0, 0.05) is 10.9 Å². The average molecular weight is 286 g/mol. The van der Waals surface area contributed by atoms with Gasteiger partial charge in [-0.2, -0.15) is 5.21 Å². The number of aryl methyl sites for hydroxylation is 1. The molecule has 0 aliphatic carbocycles. The molecular formula is C12H10N6OS. The fourth-order valence-electron chi connectivity index (χ4n) is 1.59. The van der Waals surface area contributed by atoms with E-state index in [-0.39, 0.29) is 11.9 Å². The number of H-pyrrole nitrogens is 1. The molecule has 0 saturated heterocycles. The van der Waals surface area contributed by atoms with Crippen LogP contribution in [0.5, 0.6) is 0 Å². The van der Waals surface area contributed by atoms with Crippen molar-refractivity contribution in [1.29, 1.82) is 0 Å². The summed E-state index contributed by atoms with van der Waals surface area (Å²) in [5.41, 5.74) is 2.50. The second-order valence-corrected chi connectivity index (χ2v) is 4.95. The fraction of sp³-hybridized carbons (Fsp3) is 0.0833. The molecule has 2 heterocycles. The molecule has 0 bridgehead atoms. The van der Waals surface area contributed by atoms with Crippen molar-refractivity contribution in [3.05, 3.63) is 40.9 Å². The maximum Gasteiger partial charge on any atom is 0.277 e. The summed E-state index contributed by atoms with van der Waals surface area (Å²) in [6, 6.07) is 7.98. The van der Waals surface area contributed by atoms with Gasteiger partial charge in [-0.3, -0.25) is 10.1 Å². The molecule has 1 amide bonds. The molecule has 0 radical (unpaired) electrons. The number of aromatic amines is 1. The number of thiazole rings is 1. The molecule has 20 heavy (non-hydrogen) atoms. The summed E-state index contributed by atoms with van der Waals surface area (Å²) in [6.45, 7) is 2.02. The number of amides is 1. The van der Waals surface area contributed by atoms with Crippen molar-refractivity contribution >= 4 is 23.2 Å². The number of tetrazole rings is 1. The van der Waals surface area contributed by atoms with Gasteiger partial charge in [0.1, 0.15) is 10.7 Å². The quantitative estimate of drug-likeness (QED) is 0.766. The molecule has 2 aromatic heterocycles. The second kappa shape index (κ2) is 5.17. The number of carbonyl (C=O) groups is 1. The second-order valence-electron chi connectivity index (χ2n) is 4.09. The Bertz CT molecular complexity index is 719. The first-order valence-electron chi connectivity index (χ1n) is 5.80. The van der Waals surface area contributed by atoms with Crippen molar-refractivity contribution in [2.45, 2.75) is 6.92 Å². The van der Waals surface area contributed by atoms with Crippen LogP contribution in [0.1, 0.15) is 16.1 Å². The number of rotatable bonds is 3. The van der Waals surface area contributed by atoms with Crippen LogP contribution >= 0.6 is 11.3 Å². The van der Waals surface area contributed by atoms with Crippen LogP contribution in [-0.2, 0) is 0 Å². The number of nitrogens with zero attached hydrogens (tertiary/aromatic N) is 4. The standard InChI is InChI=1S/C12H10N6OS/c1-7-2-4-8(5-3-7)11-13-9(6-20-11)10(19)14-12-15-17-18-16-12/h2-6H,1H3,(H2,14,15,16,17,18,19). The van der Waals surface area contributed by atoms with Crippen molar-refractivity contribution < 1.29 is 4.79 Å². The van der Waals surface area contributed by atoms with Crippen molar-refractivity contribution in [3.63, 3.8) is 0 Å². The zero-order valence-corrected chi connectivity index (χ0v) is 11.3. The van der Waals surface area contributed by atoms with Crippen LogP contribution in [0.4, 0.5) is 5.95 Å². The minimum Gasteiger partial charge on any atom is -0.286 e. The Kier molecular flexibility index (Phi) is 3.21. The van der Waals surface area contributed by atoms with E-state index in [1.165, 1.54) is 16.9 Å². The van der Waals surface area contributed by atoms with Crippen LogP contribution < -0.4 is 5.32 Å². The van der Waals surface area contributed by atoms with E-state index in [0.29, 0.717) is 5.69 Å². The third-order valence-corrected chi connectivity index (χ3v) is 3.50. The summed E-state index contributed by atoms with van der Waals surface area (Å²) < 4.78 is 0. The highest BCUT2D eigenvalue weighted by atomic mass is 32.1. The van der Waals surface area contributed by atoms with Gasteiger partial charge in [-0.05, 0) is 12.1 Å². The van der Waals surface area contributed by atoms with E-state index in [4.69, 9.17) is 0 Å². The number of anilines is 1. The summed E-state index contributed by atoms with van der Waals surface area (Å²) in [7, 11) is 0. The van der Waals surface area contributed by atoms with E-state index in [2.05, 4.69) is 30.9 Å². The Morgan fingerprint density at radius 3 is 2.80 bits per heavy atom. The minimum atomic E-state index is -0.360. The van der Waals surface area contributed by atoms with Crippen LogP contribution in [-0.4, -0.2) is 31.5 Å². The Morgan fingerprint density at radius 2 is 2.10 bits per heavy atom. The van der Waals surface area contributed by atoms with Gasteiger partial charge < -0.3 is 0 Å². The summed E-state index contributed by atoms with van der Waals surface area (Å²) in [6.07, 6.45) is 0. The van der Waals surface area contributed by atoms with Crippen molar-refractivity contribution in [2.24, 2.45) is 0 Å². The molecular weight excluding hydrogens is 276 g/mol. The van der Waals surface area contributed by atoms with Gasteiger partial charge in [0.05, 0.1) is 0 Å². The fourth-order valence-corrected chi connectivity index (χ4v) is 2.39. The van der Waals surface area contributed by atoms with Crippen molar-refractivity contribution in [1.82, 2.24) is 25.6 Å². The minimum absolute atomic E-state index is 0.125. The SMILES string of the molecule is Cc1ccc(-c2nc(C(=O)Nc3nn[nH]n3)cs2)cc1. The maximum absolute atomic E-state index is 11.9. The lowest BCUT2D eigenvalue weighted by Crippen LogP contribution is -2.13. The highest BCUT2D eigenvalue weighted by molar-refractivity contribution is 7.13. The molecule has 2 N–H and O–H groups in total. The molecule has 0 aliphatic rings. The summed E-state index contributed by atoms with van der Waals surface area (Å²) in [5.74, 6) is -0.235. The molecule has 3 rings (SSSR count). The normalized spacial score (nSPS) is 10.4. The molecule has 0 atom stereocenters. The summed E-state index contributed by atoms with van der Waals surface area (Å²) >= 11 is 1.41. The number of aromatic nitrogens is 5. The molecule has 3 aromatic rings. The molecule has 1 aromatic carbocycles. The first-order valence-corrected chi connectivity index (χ1v) is 6.68. The van der Waals surface area contributed by atoms with Gasteiger partial charge >= 0.3 is 0 Å².